The summed E-state index contributed by atoms with van der Waals surface area (Å²) in [5.74, 6) is 0.343. The minimum absolute atomic E-state index is 0.0307. The zero-order chi connectivity index (χ0) is 18.2. The van der Waals surface area contributed by atoms with Crippen LogP contribution in [0.2, 0.25) is 0 Å². The van der Waals surface area contributed by atoms with Crippen molar-refractivity contribution >= 4 is 11.8 Å². The van der Waals surface area contributed by atoms with Crippen LogP contribution in [0.15, 0.2) is 36.4 Å². The number of benzene rings is 1. The summed E-state index contributed by atoms with van der Waals surface area (Å²) in [4.78, 5) is 24.2. The van der Waals surface area contributed by atoms with Gasteiger partial charge in [0.1, 0.15) is 0 Å². The molecule has 1 aromatic carbocycles. The van der Waals surface area contributed by atoms with Crippen molar-refractivity contribution in [2.45, 2.75) is 56.3 Å². The number of carbonyl (C=O) groups is 2. The van der Waals surface area contributed by atoms with Gasteiger partial charge in [0.15, 0.2) is 0 Å². The van der Waals surface area contributed by atoms with E-state index in [4.69, 9.17) is 4.74 Å². The third-order valence-electron chi connectivity index (χ3n) is 4.53. The predicted molar refractivity (Wildman–Crippen MR) is 96.7 cm³/mol. The molecule has 1 saturated carbocycles. The quantitative estimate of drug-likeness (QED) is 0.114. The third kappa shape index (κ3) is 6.24. The summed E-state index contributed by atoms with van der Waals surface area (Å²) < 4.78 is 7.83. The standard InChI is InChI=1S/C21H28IO3/c1-4-5-14-22-18-10-6-17(7-11-18)21(24)25-19-12-8-16(9-13-19)20(23)15(2)3/h8-9,12-13,17-18H,2,4-7,10-11,14H2,1,3H3/q-1. The number of hydrogen-bond donors (Lipinski definition) is 0. The molecule has 1 fully saturated rings. The van der Waals surface area contributed by atoms with Gasteiger partial charge in [-0.1, -0.05) is 6.58 Å². The maximum atomic E-state index is 12.4. The summed E-state index contributed by atoms with van der Waals surface area (Å²) in [7, 11) is 0. The molecule has 0 saturated heterocycles. The number of Topliss-reactive ketones (excluding diaryl/α,β-unsaturated/α-hetero) is 1. The number of unbranched alkanes of at least 4 members (excludes halogenated alkanes) is 1. The fourth-order valence-electron chi connectivity index (χ4n) is 2.93. The van der Waals surface area contributed by atoms with E-state index in [2.05, 4.69) is 13.5 Å². The molecule has 0 aliphatic heterocycles. The Labute approximate surface area is 161 Å². The molecule has 1 aromatic rings. The van der Waals surface area contributed by atoms with Crippen LogP contribution < -0.4 is 25.9 Å². The first-order valence-corrected chi connectivity index (χ1v) is 11.9. The van der Waals surface area contributed by atoms with Crippen LogP contribution in [0, 0.1) is 5.92 Å². The summed E-state index contributed by atoms with van der Waals surface area (Å²) >= 11 is 0.302. The van der Waals surface area contributed by atoms with Gasteiger partial charge in [-0.25, -0.2) is 0 Å². The molecule has 4 heteroatoms. The molecule has 2 rings (SSSR count). The van der Waals surface area contributed by atoms with Crippen molar-refractivity contribution in [2.24, 2.45) is 5.92 Å². The molecular weight excluding hydrogens is 427 g/mol. The average molecular weight is 455 g/mol. The van der Waals surface area contributed by atoms with Gasteiger partial charge in [0.25, 0.3) is 0 Å². The number of alkyl halides is 2. The summed E-state index contributed by atoms with van der Waals surface area (Å²) in [6, 6.07) is 6.76. The molecule has 25 heavy (non-hydrogen) atoms. The first-order chi connectivity index (χ1) is 12.0. The number of ether oxygens (including phenoxy) is 1. The first-order valence-electron chi connectivity index (χ1n) is 9.11. The number of hydrogen-bond acceptors (Lipinski definition) is 3. The van der Waals surface area contributed by atoms with Gasteiger partial charge in [0.05, 0.1) is 0 Å². The Balaban J connectivity index is 1.80. The average Bonchev–Trinajstić information content (AvgIpc) is 2.62. The van der Waals surface area contributed by atoms with Crippen LogP contribution in [0.25, 0.3) is 0 Å². The molecule has 1 aliphatic carbocycles. The second kappa shape index (κ2) is 10.1. The summed E-state index contributed by atoms with van der Waals surface area (Å²) in [6.45, 7) is 7.60. The second-order valence-corrected chi connectivity index (χ2v) is 10.4. The fraction of sp³-hybridized carbons (Fsp3) is 0.524. The van der Waals surface area contributed by atoms with E-state index >= 15 is 0 Å². The van der Waals surface area contributed by atoms with E-state index in [1.54, 1.807) is 31.2 Å². The van der Waals surface area contributed by atoms with E-state index in [9.17, 15) is 9.59 Å². The van der Waals surface area contributed by atoms with Crippen LogP contribution in [0.4, 0.5) is 0 Å². The van der Waals surface area contributed by atoms with Crippen molar-refractivity contribution in [1.82, 2.24) is 0 Å². The van der Waals surface area contributed by atoms with E-state index in [0.29, 0.717) is 38.1 Å². The van der Waals surface area contributed by atoms with Crippen LogP contribution >= 0.6 is 0 Å². The Morgan fingerprint density at radius 1 is 1.16 bits per heavy atom. The van der Waals surface area contributed by atoms with Gasteiger partial charge in [0, 0.05) is 0 Å². The molecule has 1 aliphatic rings. The van der Waals surface area contributed by atoms with Crippen molar-refractivity contribution in [3.63, 3.8) is 0 Å². The van der Waals surface area contributed by atoms with Gasteiger partial charge in [-0.3, -0.25) is 0 Å². The van der Waals surface area contributed by atoms with E-state index < -0.39 is 0 Å². The predicted octanol–water partition coefficient (Wildman–Crippen LogP) is 1.80. The van der Waals surface area contributed by atoms with Gasteiger partial charge in [0.2, 0.25) is 0 Å². The maximum absolute atomic E-state index is 12.4. The molecule has 138 valence electrons. The Morgan fingerprint density at radius 3 is 2.36 bits per heavy atom. The Bertz CT molecular complexity index is 598. The molecule has 0 unspecified atom stereocenters. The van der Waals surface area contributed by atoms with Crippen LogP contribution in [0.5, 0.6) is 5.75 Å². The zero-order valence-electron chi connectivity index (χ0n) is 15.2. The molecule has 0 amide bonds. The Kier molecular flexibility index (Phi) is 8.13. The summed E-state index contributed by atoms with van der Waals surface area (Å²) in [6.07, 6.45) is 6.94. The van der Waals surface area contributed by atoms with Gasteiger partial charge < -0.3 is 0 Å². The molecule has 0 bridgehead atoms. The van der Waals surface area contributed by atoms with Crippen molar-refractivity contribution in [2.75, 3.05) is 4.43 Å². The molecular formula is C21H28IO3-. The number of carbonyl (C=O) groups excluding carboxylic acids is 2. The van der Waals surface area contributed by atoms with Crippen LogP contribution in [-0.2, 0) is 4.79 Å². The van der Waals surface area contributed by atoms with Gasteiger partial charge in [-0.05, 0) is 6.92 Å². The van der Waals surface area contributed by atoms with Crippen LogP contribution in [0.3, 0.4) is 0 Å². The number of esters is 1. The molecule has 0 N–H and O–H groups in total. The number of allylic oxidation sites excluding steroid dienone is 1. The molecule has 0 spiro atoms. The van der Waals surface area contributed by atoms with E-state index in [1.165, 1.54) is 30.1 Å². The van der Waals surface area contributed by atoms with E-state index in [1.807, 2.05) is 0 Å². The topological polar surface area (TPSA) is 43.4 Å². The summed E-state index contributed by atoms with van der Waals surface area (Å²) in [5.41, 5.74) is 1.08. The van der Waals surface area contributed by atoms with Crippen molar-refractivity contribution in [3.05, 3.63) is 42.0 Å². The summed E-state index contributed by atoms with van der Waals surface area (Å²) in [5, 5.41) is 0. The van der Waals surface area contributed by atoms with E-state index in [-0.39, 0.29) is 17.7 Å². The minimum atomic E-state index is -0.121. The van der Waals surface area contributed by atoms with Gasteiger partial charge in [-0.2, -0.15) is 0 Å². The van der Waals surface area contributed by atoms with Gasteiger partial charge in [-0.15, -0.1) is 0 Å². The first kappa shape index (κ1) is 20.1. The molecule has 0 aromatic heterocycles. The number of rotatable bonds is 8. The molecule has 0 atom stereocenters. The Hall–Kier alpha value is -1.17. The van der Waals surface area contributed by atoms with Crippen molar-refractivity contribution < 1.29 is 35.5 Å². The SMILES string of the molecule is C=C(C)C(=O)c1ccc(OC(=O)C2CCC([I-]CCCC)CC2)cc1. The van der Waals surface area contributed by atoms with Gasteiger partial charge >= 0.3 is 148 Å². The number of halogens is 1. The zero-order valence-corrected chi connectivity index (χ0v) is 17.4. The fourth-order valence-corrected chi connectivity index (χ4v) is 6.61. The number of ketones is 1. The van der Waals surface area contributed by atoms with Crippen molar-refractivity contribution in [3.8, 4) is 5.75 Å². The monoisotopic (exact) mass is 455 g/mol. The Morgan fingerprint density at radius 2 is 1.80 bits per heavy atom. The molecule has 3 nitrogen and oxygen atoms in total. The second-order valence-electron chi connectivity index (χ2n) is 6.70. The normalized spacial score (nSPS) is 20.2. The third-order valence-corrected chi connectivity index (χ3v) is 8.40. The van der Waals surface area contributed by atoms with Crippen LogP contribution in [-0.4, -0.2) is 20.1 Å². The van der Waals surface area contributed by atoms with Crippen LogP contribution in [0.1, 0.15) is 62.7 Å². The molecule has 0 radical (unpaired) electrons. The molecule has 0 heterocycles. The van der Waals surface area contributed by atoms with Crippen molar-refractivity contribution in [1.29, 1.82) is 0 Å². The van der Waals surface area contributed by atoms with E-state index in [0.717, 1.165) is 16.8 Å².